The van der Waals surface area contributed by atoms with Gasteiger partial charge in [-0.15, -0.1) is 0 Å². The van der Waals surface area contributed by atoms with E-state index in [1.807, 2.05) is 0 Å². The van der Waals surface area contributed by atoms with Crippen LogP contribution >= 0.6 is 0 Å². The molecular weight excluding hydrogens is 302 g/mol. The van der Waals surface area contributed by atoms with Crippen molar-refractivity contribution in [2.75, 3.05) is 19.6 Å². The molecule has 1 atom stereocenters. The molecule has 0 aromatic heterocycles. The molecule has 0 saturated carbocycles. The van der Waals surface area contributed by atoms with Gasteiger partial charge in [0, 0.05) is 19.6 Å². The number of alkyl halides is 3. The van der Waals surface area contributed by atoms with E-state index in [1.54, 1.807) is 11.8 Å². The van der Waals surface area contributed by atoms with Gasteiger partial charge in [0.05, 0.1) is 6.10 Å². The van der Waals surface area contributed by atoms with Gasteiger partial charge in [-0.05, 0) is 43.0 Å². The smallest absolute Gasteiger partial charge is 0.387 e. The summed E-state index contributed by atoms with van der Waals surface area (Å²) in [6, 6.07) is 4.02. The van der Waals surface area contributed by atoms with Crippen molar-refractivity contribution in [3.8, 4) is 0 Å². The Kier molecular flexibility index (Phi) is 4.79. The second-order valence-electron chi connectivity index (χ2n) is 5.85. The lowest BCUT2D eigenvalue weighted by molar-refractivity contribution is -0.273. The van der Waals surface area contributed by atoms with Crippen molar-refractivity contribution < 1.29 is 27.8 Å². The third kappa shape index (κ3) is 3.59. The monoisotopic (exact) mass is 321 g/mol. The summed E-state index contributed by atoms with van der Waals surface area (Å²) in [7, 11) is 0. The summed E-state index contributed by atoms with van der Waals surface area (Å²) in [4.78, 5) is 1.67. The van der Waals surface area contributed by atoms with Gasteiger partial charge in [0.2, 0.25) is 0 Å². The molecule has 22 heavy (non-hydrogen) atoms. The van der Waals surface area contributed by atoms with Crippen LogP contribution in [-0.4, -0.2) is 46.5 Å². The predicted molar refractivity (Wildman–Crippen MR) is 72.8 cm³/mol. The van der Waals surface area contributed by atoms with Crippen molar-refractivity contribution in [2.45, 2.75) is 37.6 Å². The average Bonchev–Trinajstić information content (AvgIpc) is 2.40. The van der Waals surface area contributed by atoms with Gasteiger partial charge in [0.1, 0.15) is 5.82 Å². The van der Waals surface area contributed by atoms with Gasteiger partial charge in [0.15, 0.2) is 5.60 Å². The highest BCUT2D eigenvalue weighted by molar-refractivity contribution is 5.28. The normalized spacial score (nSPS) is 20.9. The van der Waals surface area contributed by atoms with Gasteiger partial charge in [-0.25, -0.2) is 4.39 Å². The number of halogens is 4. The van der Waals surface area contributed by atoms with E-state index in [-0.39, 0.29) is 19.6 Å². The molecule has 7 heteroatoms. The molecule has 1 aromatic carbocycles. The molecule has 1 unspecified atom stereocenters. The number of aryl methyl sites for hydroxylation is 1. The molecule has 124 valence electrons. The van der Waals surface area contributed by atoms with Gasteiger partial charge in [-0.2, -0.15) is 13.2 Å². The maximum atomic E-state index is 13.0. The lowest BCUT2D eigenvalue weighted by Gasteiger charge is -2.39. The number of hydrogen-bond acceptors (Lipinski definition) is 3. The van der Waals surface area contributed by atoms with Crippen LogP contribution in [0.5, 0.6) is 0 Å². The van der Waals surface area contributed by atoms with E-state index in [0.717, 1.165) is 0 Å². The molecule has 1 saturated heterocycles. The maximum Gasteiger partial charge on any atom is 0.417 e. The number of piperidine rings is 1. The molecule has 0 aliphatic carbocycles. The highest BCUT2D eigenvalue weighted by atomic mass is 19.4. The Bertz CT molecular complexity index is 525. The zero-order valence-electron chi connectivity index (χ0n) is 12.2. The number of aliphatic hydroxyl groups excluding tert-OH is 1. The summed E-state index contributed by atoms with van der Waals surface area (Å²) in [5, 5.41) is 19.8. The Balaban J connectivity index is 1.96. The number of nitrogens with zero attached hydrogens (tertiary/aromatic N) is 1. The molecule has 0 radical (unpaired) electrons. The van der Waals surface area contributed by atoms with Crippen LogP contribution in [0.25, 0.3) is 0 Å². The molecule has 1 aliphatic rings. The van der Waals surface area contributed by atoms with Crippen LogP contribution in [0.2, 0.25) is 0 Å². The molecule has 0 spiro atoms. The molecule has 3 nitrogen and oxygen atoms in total. The van der Waals surface area contributed by atoms with Crippen molar-refractivity contribution in [1.82, 2.24) is 4.90 Å². The molecule has 1 fully saturated rings. The fourth-order valence-electron chi connectivity index (χ4n) is 2.74. The minimum Gasteiger partial charge on any atom is -0.387 e. The fourth-order valence-corrected chi connectivity index (χ4v) is 2.74. The minimum absolute atomic E-state index is 0.0489. The number of β-amino-alcohol motifs (C(OH)–C–C–N with tert-alkyl or cyclic N) is 1. The highest BCUT2D eigenvalue weighted by Gasteiger charge is 2.54. The molecule has 1 aromatic rings. The van der Waals surface area contributed by atoms with Crippen LogP contribution < -0.4 is 0 Å². The van der Waals surface area contributed by atoms with Gasteiger partial charge >= 0.3 is 6.18 Å². The lowest BCUT2D eigenvalue weighted by atomic mass is 9.90. The van der Waals surface area contributed by atoms with Crippen molar-refractivity contribution in [3.05, 3.63) is 35.1 Å². The van der Waals surface area contributed by atoms with Crippen LogP contribution in [0, 0.1) is 12.7 Å². The first-order chi connectivity index (χ1) is 10.1. The van der Waals surface area contributed by atoms with Crippen LogP contribution in [0.4, 0.5) is 17.6 Å². The largest absolute Gasteiger partial charge is 0.417 e. The van der Waals surface area contributed by atoms with Crippen LogP contribution in [0.15, 0.2) is 18.2 Å². The summed E-state index contributed by atoms with van der Waals surface area (Å²) in [5.41, 5.74) is -1.49. The quantitative estimate of drug-likeness (QED) is 0.841. The number of rotatable bonds is 3. The first-order valence-electron chi connectivity index (χ1n) is 7.08. The zero-order valence-corrected chi connectivity index (χ0v) is 12.2. The van der Waals surface area contributed by atoms with Crippen LogP contribution in [0.3, 0.4) is 0 Å². The van der Waals surface area contributed by atoms with Gasteiger partial charge < -0.3 is 15.1 Å². The van der Waals surface area contributed by atoms with Gasteiger partial charge in [-0.1, -0.05) is 6.07 Å². The number of benzene rings is 1. The zero-order chi connectivity index (χ0) is 16.5. The lowest BCUT2D eigenvalue weighted by Crippen LogP contribution is -2.53. The fraction of sp³-hybridized carbons (Fsp3) is 0.600. The second kappa shape index (κ2) is 6.14. The number of hydrogen-bond donors (Lipinski definition) is 2. The number of aliphatic hydroxyl groups is 2. The predicted octanol–water partition coefficient (Wildman–Crippen LogP) is 2.56. The van der Waals surface area contributed by atoms with E-state index in [4.69, 9.17) is 0 Å². The summed E-state index contributed by atoms with van der Waals surface area (Å²) in [5.74, 6) is -0.401. The van der Waals surface area contributed by atoms with E-state index in [1.165, 1.54) is 18.2 Å². The summed E-state index contributed by atoms with van der Waals surface area (Å²) >= 11 is 0. The van der Waals surface area contributed by atoms with E-state index < -0.39 is 36.5 Å². The van der Waals surface area contributed by atoms with E-state index in [9.17, 15) is 27.8 Å². The molecule has 0 bridgehead atoms. The van der Waals surface area contributed by atoms with Crippen LogP contribution in [0.1, 0.15) is 30.1 Å². The molecule has 0 amide bonds. The standard InChI is InChI=1S/C15H19F4NO2/c1-10-8-11(16)2-3-12(10)13(21)9-20-6-4-14(22,5-7-20)15(17,18)19/h2-3,8,13,21-22H,4-7,9H2,1H3. The molecule has 2 N–H and O–H groups in total. The van der Waals surface area contributed by atoms with Gasteiger partial charge in [-0.3, -0.25) is 0 Å². The number of likely N-dealkylation sites (tertiary alicyclic amines) is 1. The molecule has 1 aliphatic heterocycles. The SMILES string of the molecule is Cc1cc(F)ccc1C(O)CN1CCC(O)(C(F)(F)F)CC1. The Hall–Kier alpha value is -1.18. The van der Waals surface area contributed by atoms with E-state index in [0.29, 0.717) is 11.1 Å². The van der Waals surface area contributed by atoms with Crippen molar-refractivity contribution in [3.63, 3.8) is 0 Å². The summed E-state index contributed by atoms with van der Waals surface area (Å²) in [6.45, 7) is 1.92. The Morgan fingerprint density at radius 3 is 2.36 bits per heavy atom. The van der Waals surface area contributed by atoms with Crippen LogP contribution in [-0.2, 0) is 0 Å². The third-order valence-corrected chi connectivity index (χ3v) is 4.23. The summed E-state index contributed by atoms with van der Waals surface area (Å²) in [6.07, 6.45) is -6.36. The topological polar surface area (TPSA) is 43.7 Å². The molecular formula is C15H19F4NO2. The van der Waals surface area contributed by atoms with E-state index >= 15 is 0 Å². The molecule has 2 rings (SSSR count). The first kappa shape index (κ1) is 17.2. The third-order valence-electron chi connectivity index (χ3n) is 4.23. The summed E-state index contributed by atoms with van der Waals surface area (Å²) < 4.78 is 51.2. The first-order valence-corrected chi connectivity index (χ1v) is 7.08. The van der Waals surface area contributed by atoms with Crippen molar-refractivity contribution in [1.29, 1.82) is 0 Å². The average molecular weight is 321 g/mol. The Morgan fingerprint density at radius 2 is 1.86 bits per heavy atom. The maximum absolute atomic E-state index is 13.0. The highest BCUT2D eigenvalue weighted by Crippen LogP contribution is 2.38. The second-order valence-corrected chi connectivity index (χ2v) is 5.85. The van der Waals surface area contributed by atoms with Gasteiger partial charge in [0.25, 0.3) is 0 Å². The van der Waals surface area contributed by atoms with E-state index in [2.05, 4.69) is 0 Å². The minimum atomic E-state index is -4.63. The van der Waals surface area contributed by atoms with Crippen molar-refractivity contribution >= 4 is 0 Å². The Labute approximate surface area is 126 Å². The molecule has 1 heterocycles. The Morgan fingerprint density at radius 1 is 1.27 bits per heavy atom. The van der Waals surface area contributed by atoms with Crippen molar-refractivity contribution in [2.24, 2.45) is 0 Å².